The van der Waals surface area contributed by atoms with Crippen molar-refractivity contribution >= 4 is 5.91 Å². The van der Waals surface area contributed by atoms with Crippen LogP contribution in [0.15, 0.2) is 0 Å². The standard InChI is InChI=1S/C15H28N2O/c1-5-6-7-8-14(3,4)11-17-12(2)16-15(9-10-15)13(17)18/h12,16H,5-11H2,1-4H3. The van der Waals surface area contributed by atoms with Crippen LogP contribution >= 0.6 is 0 Å². The second kappa shape index (κ2) is 4.84. The molecule has 0 aromatic heterocycles. The van der Waals surface area contributed by atoms with E-state index in [1.807, 2.05) is 0 Å². The number of unbranched alkanes of at least 4 members (excludes halogenated alkanes) is 2. The van der Waals surface area contributed by atoms with Gasteiger partial charge in [0, 0.05) is 6.54 Å². The minimum Gasteiger partial charge on any atom is -0.325 e. The summed E-state index contributed by atoms with van der Waals surface area (Å²) in [6.07, 6.45) is 7.33. The van der Waals surface area contributed by atoms with E-state index < -0.39 is 0 Å². The van der Waals surface area contributed by atoms with Gasteiger partial charge in [-0.1, -0.05) is 40.0 Å². The highest BCUT2D eigenvalue weighted by atomic mass is 16.2. The lowest BCUT2D eigenvalue weighted by Gasteiger charge is -2.32. The van der Waals surface area contributed by atoms with Gasteiger partial charge in [-0.25, -0.2) is 0 Å². The average molecular weight is 252 g/mol. The van der Waals surface area contributed by atoms with Crippen LogP contribution in [-0.4, -0.2) is 29.1 Å². The van der Waals surface area contributed by atoms with Crippen LogP contribution in [0.2, 0.25) is 0 Å². The van der Waals surface area contributed by atoms with E-state index >= 15 is 0 Å². The van der Waals surface area contributed by atoms with E-state index in [0.29, 0.717) is 5.91 Å². The molecule has 1 aliphatic heterocycles. The Kier molecular flexibility index (Phi) is 3.72. The fraction of sp³-hybridized carbons (Fsp3) is 0.933. The summed E-state index contributed by atoms with van der Waals surface area (Å²) in [5, 5.41) is 3.47. The zero-order valence-corrected chi connectivity index (χ0v) is 12.4. The van der Waals surface area contributed by atoms with Crippen molar-refractivity contribution in [1.82, 2.24) is 10.2 Å². The molecule has 0 aromatic rings. The molecule has 3 heteroatoms. The minimum atomic E-state index is -0.154. The number of nitrogens with one attached hydrogen (secondary N) is 1. The molecule has 3 nitrogen and oxygen atoms in total. The predicted octanol–water partition coefficient (Wildman–Crippen LogP) is 2.90. The molecular formula is C15H28N2O. The lowest BCUT2D eigenvalue weighted by Crippen LogP contribution is -2.41. The van der Waals surface area contributed by atoms with Gasteiger partial charge in [0.15, 0.2) is 0 Å². The Hall–Kier alpha value is -0.570. The molecule has 1 amide bonds. The van der Waals surface area contributed by atoms with Gasteiger partial charge >= 0.3 is 0 Å². The third-order valence-corrected chi connectivity index (χ3v) is 4.43. The second-order valence-electron chi connectivity index (χ2n) is 6.96. The summed E-state index contributed by atoms with van der Waals surface area (Å²) in [6.45, 7) is 9.83. The molecule has 2 rings (SSSR count). The van der Waals surface area contributed by atoms with E-state index in [1.54, 1.807) is 0 Å². The first kappa shape index (κ1) is 13.9. The van der Waals surface area contributed by atoms with Crippen molar-refractivity contribution in [2.45, 2.75) is 77.9 Å². The molecule has 1 heterocycles. The van der Waals surface area contributed by atoms with E-state index in [-0.39, 0.29) is 17.1 Å². The minimum absolute atomic E-state index is 0.154. The van der Waals surface area contributed by atoms with E-state index in [9.17, 15) is 4.79 Å². The first-order chi connectivity index (χ1) is 8.40. The zero-order chi connectivity index (χ0) is 13.4. The van der Waals surface area contributed by atoms with Crippen molar-refractivity contribution in [2.75, 3.05) is 6.54 Å². The Morgan fingerprint density at radius 3 is 2.56 bits per heavy atom. The van der Waals surface area contributed by atoms with Gasteiger partial charge in [-0.15, -0.1) is 0 Å². The maximum Gasteiger partial charge on any atom is 0.244 e. The maximum atomic E-state index is 12.4. The first-order valence-corrected chi connectivity index (χ1v) is 7.49. The topological polar surface area (TPSA) is 32.3 Å². The summed E-state index contributed by atoms with van der Waals surface area (Å²) in [7, 11) is 0. The Balaban J connectivity index is 1.90. The molecule has 1 saturated heterocycles. The molecule has 0 radical (unpaired) electrons. The van der Waals surface area contributed by atoms with Crippen LogP contribution in [0, 0.1) is 5.41 Å². The summed E-state index contributed by atoms with van der Waals surface area (Å²) in [5.74, 6) is 0.346. The third-order valence-electron chi connectivity index (χ3n) is 4.43. The number of rotatable bonds is 6. The molecule has 1 atom stereocenters. The van der Waals surface area contributed by atoms with Crippen LogP contribution < -0.4 is 5.32 Å². The quantitative estimate of drug-likeness (QED) is 0.737. The van der Waals surface area contributed by atoms with Crippen molar-refractivity contribution < 1.29 is 4.79 Å². The molecule has 1 aliphatic carbocycles. The van der Waals surface area contributed by atoms with Crippen LogP contribution in [0.4, 0.5) is 0 Å². The molecule has 0 aromatic carbocycles. The molecule has 1 unspecified atom stereocenters. The van der Waals surface area contributed by atoms with Crippen LogP contribution in [0.3, 0.4) is 0 Å². The van der Waals surface area contributed by atoms with Crippen molar-refractivity contribution in [1.29, 1.82) is 0 Å². The summed E-state index contributed by atoms with van der Waals surface area (Å²) >= 11 is 0. The Labute approximate surface area is 111 Å². The van der Waals surface area contributed by atoms with Gasteiger partial charge in [0.1, 0.15) is 0 Å². The van der Waals surface area contributed by atoms with Gasteiger partial charge in [-0.05, 0) is 31.6 Å². The Bertz CT molecular complexity index is 320. The van der Waals surface area contributed by atoms with Gasteiger partial charge < -0.3 is 4.90 Å². The van der Waals surface area contributed by atoms with Crippen LogP contribution in [0.25, 0.3) is 0 Å². The van der Waals surface area contributed by atoms with Crippen molar-refractivity contribution in [3.05, 3.63) is 0 Å². The van der Waals surface area contributed by atoms with Gasteiger partial charge in [-0.3, -0.25) is 10.1 Å². The number of amides is 1. The predicted molar refractivity (Wildman–Crippen MR) is 74.2 cm³/mol. The third kappa shape index (κ3) is 2.71. The first-order valence-electron chi connectivity index (χ1n) is 7.49. The number of carbonyl (C=O) groups is 1. The Morgan fingerprint density at radius 1 is 1.39 bits per heavy atom. The highest BCUT2D eigenvalue weighted by Crippen LogP contribution is 2.43. The highest BCUT2D eigenvalue weighted by molar-refractivity contribution is 5.91. The summed E-state index contributed by atoms with van der Waals surface area (Å²) < 4.78 is 0. The molecule has 104 valence electrons. The molecule has 1 N–H and O–H groups in total. The lowest BCUT2D eigenvalue weighted by atomic mass is 9.86. The van der Waals surface area contributed by atoms with Gasteiger partial charge in [0.05, 0.1) is 11.7 Å². The van der Waals surface area contributed by atoms with Gasteiger partial charge in [0.25, 0.3) is 0 Å². The van der Waals surface area contributed by atoms with Crippen molar-refractivity contribution in [3.8, 4) is 0 Å². The largest absolute Gasteiger partial charge is 0.325 e. The number of nitrogens with zero attached hydrogens (tertiary/aromatic N) is 1. The van der Waals surface area contributed by atoms with Crippen molar-refractivity contribution in [2.24, 2.45) is 5.41 Å². The fourth-order valence-electron chi connectivity index (χ4n) is 3.08. The average Bonchev–Trinajstić information content (AvgIpc) is 3.02. The molecular weight excluding hydrogens is 224 g/mol. The number of hydrogen-bond donors (Lipinski definition) is 1. The smallest absolute Gasteiger partial charge is 0.244 e. The van der Waals surface area contributed by atoms with Crippen LogP contribution in [0.5, 0.6) is 0 Å². The number of hydrogen-bond acceptors (Lipinski definition) is 2. The van der Waals surface area contributed by atoms with E-state index in [2.05, 4.69) is 37.9 Å². The summed E-state index contributed by atoms with van der Waals surface area (Å²) in [6, 6.07) is 0. The highest BCUT2D eigenvalue weighted by Gasteiger charge is 2.58. The molecule has 18 heavy (non-hydrogen) atoms. The fourth-order valence-corrected chi connectivity index (χ4v) is 3.08. The SMILES string of the molecule is CCCCCC(C)(C)CN1C(=O)C2(CC2)NC1C. The Morgan fingerprint density at radius 2 is 2.06 bits per heavy atom. The monoisotopic (exact) mass is 252 g/mol. The van der Waals surface area contributed by atoms with E-state index in [1.165, 1.54) is 25.7 Å². The summed E-state index contributed by atoms with van der Waals surface area (Å²) in [4.78, 5) is 14.4. The van der Waals surface area contributed by atoms with Crippen LogP contribution in [-0.2, 0) is 4.79 Å². The molecule has 1 spiro atoms. The molecule has 2 aliphatic rings. The zero-order valence-electron chi connectivity index (χ0n) is 12.4. The number of carbonyl (C=O) groups excluding carboxylic acids is 1. The lowest BCUT2D eigenvalue weighted by molar-refractivity contribution is -0.132. The normalized spacial score (nSPS) is 26.1. The van der Waals surface area contributed by atoms with Crippen LogP contribution in [0.1, 0.15) is 66.2 Å². The van der Waals surface area contributed by atoms with E-state index in [0.717, 1.165) is 19.4 Å². The second-order valence-corrected chi connectivity index (χ2v) is 6.96. The van der Waals surface area contributed by atoms with Gasteiger partial charge in [-0.2, -0.15) is 0 Å². The van der Waals surface area contributed by atoms with Gasteiger partial charge in [0.2, 0.25) is 5.91 Å². The molecule has 2 fully saturated rings. The molecule has 1 saturated carbocycles. The van der Waals surface area contributed by atoms with Crippen molar-refractivity contribution in [3.63, 3.8) is 0 Å². The van der Waals surface area contributed by atoms with E-state index in [4.69, 9.17) is 0 Å². The molecule has 0 bridgehead atoms. The maximum absolute atomic E-state index is 12.4. The summed E-state index contributed by atoms with van der Waals surface area (Å²) in [5.41, 5.74) is 0.0834.